The lowest BCUT2D eigenvalue weighted by Crippen LogP contribution is -2.48. The Morgan fingerprint density at radius 2 is 2.07 bits per heavy atom. The number of ether oxygens (including phenoxy) is 1. The first kappa shape index (κ1) is 18.0. The molecule has 2 aromatic heterocycles. The van der Waals surface area contributed by atoms with Crippen LogP contribution >= 0.6 is 0 Å². The van der Waals surface area contributed by atoms with Gasteiger partial charge in [-0.15, -0.1) is 0 Å². The second kappa shape index (κ2) is 7.70. The average molecular weight is 371 g/mol. The van der Waals surface area contributed by atoms with Gasteiger partial charge in [-0.1, -0.05) is 13.8 Å². The van der Waals surface area contributed by atoms with Crippen molar-refractivity contribution in [3.8, 4) is 0 Å². The number of hydrazone groups is 1. The molecule has 2 aromatic rings. The van der Waals surface area contributed by atoms with Crippen LogP contribution in [0.4, 0.5) is 0 Å². The van der Waals surface area contributed by atoms with Crippen LogP contribution in [-0.2, 0) is 9.53 Å². The van der Waals surface area contributed by atoms with Crippen LogP contribution in [0.5, 0.6) is 0 Å². The molecule has 0 aromatic carbocycles. The van der Waals surface area contributed by atoms with Gasteiger partial charge in [0.05, 0.1) is 31.8 Å². The van der Waals surface area contributed by atoms with E-state index in [9.17, 15) is 4.79 Å². The van der Waals surface area contributed by atoms with Crippen molar-refractivity contribution in [2.75, 3.05) is 26.2 Å². The van der Waals surface area contributed by atoms with Gasteiger partial charge in [0, 0.05) is 19.5 Å². The Hall–Kier alpha value is -2.38. The van der Waals surface area contributed by atoms with Crippen molar-refractivity contribution >= 4 is 11.6 Å². The van der Waals surface area contributed by atoms with Crippen molar-refractivity contribution in [2.24, 2.45) is 11.0 Å². The Morgan fingerprint density at radius 3 is 2.78 bits per heavy atom. The van der Waals surface area contributed by atoms with E-state index in [1.807, 2.05) is 24.3 Å². The van der Waals surface area contributed by atoms with Crippen LogP contribution in [-0.4, -0.2) is 53.9 Å². The molecule has 2 aliphatic heterocycles. The Bertz CT molecular complexity index is 782. The summed E-state index contributed by atoms with van der Waals surface area (Å²) < 4.78 is 16.8. The first-order valence-electron chi connectivity index (χ1n) is 9.42. The summed E-state index contributed by atoms with van der Waals surface area (Å²) in [5.74, 6) is 1.81. The molecule has 4 rings (SSSR count). The summed E-state index contributed by atoms with van der Waals surface area (Å²) in [5, 5.41) is 6.13. The molecule has 0 N–H and O–H groups in total. The molecule has 7 heteroatoms. The summed E-state index contributed by atoms with van der Waals surface area (Å²) in [7, 11) is 0. The summed E-state index contributed by atoms with van der Waals surface area (Å²) in [6, 6.07) is 7.16. The number of nitrogens with zero attached hydrogens (tertiary/aromatic N) is 3. The van der Waals surface area contributed by atoms with Crippen LogP contribution in [0.1, 0.15) is 37.8 Å². The van der Waals surface area contributed by atoms with Gasteiger partial charge >= 0.3 is 0 Å². The van der Waals surface area contributed by atoms with Gasteiger partial charge < -0.3 is 13.6 Å². The fourth-order valence-electron chi connectivity index (χ4n) is 3.58. The van der Waals surface area contributed by atoms with E-state index in [2.05, 4.69) is 23.8 Å². The lowest BCUT2D eigenvalue weighted by Gasteiger charge is -2.35. The molecule has 1 saturated heterocycles. The van der Waals surface area contributed by atoms with Crippen molar-refractivity contribution < 1.29 is 18.4 Å². The maximum atomic E-state index is 13.1. The number of carbonyl (C=O) groups is 1. The molecule has 7 nitrogen and oxygen atoms in total. The maximum Gasteiger partial charge on any atom is 0.257 e. The number of amides is 1. The lowest BCUT2D eigenvalue weighted by molar-refractivity contribution is -0.137. The minimum atomic E-state index is -0.241. The zero-order valence-corrected chi connectivity index (χ0v) is 15.7. The van der Waals surface area contributed by atoms with Crippen molar-refractivity contribution in [2.45, 2.75) is 32.4 Å². The van der Waals surface area contributed by atoms with Crippen LogP contribution in [0.2, 0.25) is 0 Å². The van der Waals surface area contributed by atoms with E-state index in [1.54, 1.807) is 17.5 Å². The van der Waals surface area contributed by atoms with Crippen LogP contribution in [0, 0.1) is 5.92 Å². The molecule has 0 spiro atoms. The van der Waals surface area contributed by atoms with E-state index in [0.717, 1.165) is 24.6 Å². The zero-order valence-electron chi connectivity index (χ0n) is 15.7. The summed E-state index contributed by atoms with van der Waals surface area (Å²) >= 11 is 0. The van der Waals surface area contributed by atoms with E-state index >= 15 is 0 Å². The minimum absolute atomic E-state index is 0.0395. The van der Waals surface area contributed by atoms with Crippen LogP contribution < -0.4 is 0 Å². The lowest BCUT2D eigenvalue weighted by atomic mass is 10.1. The molecule has 1 fully saturated rings. The normalized spacial score (nSPS) is 23.8. The summed E-state index contributed by atoms with van der Waals surface area (Å²) in [4.78, 5) is 15.2. The standard InChI is InChI=1S/C20H25N3O4/c1-14(2)19-12-22(7-10-27-19)13-20(24)23-16(18-6-4-9-26-18)11-15(21-23)17-5-3-8-25-17/h3-6,8-9,14,16,19H,7,10-13H2,1-2H3/t16-,19+/m0/s1. The van der Waals surface area contributed by atoms with Gasteiger partial charge in [0.2, 0.25) is 0 Å². The van der Waals surface area contributed by atoms with E-state index in [0.29, 0.717) is 31.3 Å². The van der Waals surface area contributed by atoms with E-state index in [-0.39, 0.29) is 18.1 Å². The Labute approximate surface area is 158 Å². The first-order chi connectivity index (χ1) is 13.1. The summed E-state index contributed by atoms with van der Waals surface area (Å²) in [6.07, 6.45) is 3.97. The van der Waals surface area contributed by atoms with Crippen molar-refractivity contribution in [1.82, 2.24) is 9.91 Å². The molecular formula is C20H25N3O4. The second-order valence-electron chi connectivity index (χ2n) is 7.39. The number of morpholine rings is 1. The van der Waals surface area contributed by atoms with E-state index < -0.39 is 0 Å². The molecule has 0 saturated carbocycles. The number of hydrogen-bond donors (Lipinski definition) is 0. The molecule has 0 bridgehead atoms. The molecule has 1 amide bonds. The van der Waals surface area contributed by atoms with Gasteiger partial charge in [0.25, 0.3) is 5.91 Å². The molecule has 0 radical (unpaired) electrons. The molecule has 2 atom stereocenters. The molecular weight excluding hydrogens is 346 g/mol. The maximum absolute atomic E-state index is 13.1. The van der Waals surface area contributed by atoms with Gasteiger partial charge in [-0.25, -0.2) is 5.01 Å². The number of furan rings is 2. The fraction of sp³-hybridized carbons (Fsp3) is 0.500. The molecule has 144 valence electrons. The highest BCUT2D eigenvalue weighted by molar-refractivity contribution is 6.01. The minimum Gasteiger partial charge on any atom is -0.467 e. The van der Waals surface area contributed by atoms with Gasteiger partial charge in [0.15, 0.2) is 0 Å². The molecule has 4 heterocycles. The van der Waals surface area contributed by atoms with Crippen molar-refractivity contribution in [3.05, 3.63) is 48.3 Å². The largest absolute Gasteiger partial charge is 0.467 e. The van der Waals surface area contributed by atoms with E-state index in [1.165, 1.54) is 0 Å². The third kappa shape index (κ3) is 3.84. The third-order valence-electron chi connectivity index (χ3n) is 5.12. The Balaban J connectivity index is 1.50. The fourth-order valence-corrected chi connectivity index (χ4v) is 3.58. The highest BCUT2D eigenvalue weighted by atomic mass is 16.5. The van der Waals surface area contributed by atoms with Crippen molar-refractivity contribution in [3.63, 3.8) is 0 Å². The first-order valence-corrected chi connectivity index (χ1v) is 9.42. The van der Waals surface area contributed by atoms with Gasteiger partial charge in [-0.2, -0.15) is 5.10 Å². The highest BCUT2D eigenvalue weighted by Gasteiger charge is 2.36. The average Bonchev–Trinajstić information content (AvgIpc) is 3.41. The SMILES string of the molecule is CC(C)[C@H]1CN(CC(=O)N2N=C(c3ccco3)C[C@H]2c2ccco2)CCO1. The van der Waals surface area contributed by atoms with Gasteiger partial charge in [-0.05, 0) is 30.2 Å². The smallest absolute Gasteiger partial charge is 0.257 e. The molecule has 0 unspecified atom stereocenters. The number of rotatable bonds is 5. The predicted molar refractivity (Wildman–Crippen MR) is 99.2 cm³/mol. The van der Waals surface area contributed by atoms with Gasteiger partial charge in [-0.3, -0.25) is 9.69 Å². The molecule has 0 aliphatic carbocycles. The van der Waals surface area contributed by atoms with E-state index in [4.69, 9.17) is 13.6 Å². The number of carbonyl (C=O) groups excluding carboxylic acids is 1. The molecule has 2 aliphatic rings. The topological polar surface area (TPSA) is 71.4 Å². The van der Waals surface area contributed by atoms with Crippen molar-refractivity contribution in [1.29, 1.82) is 0 Å². The second-order valence-corrected chi connectivity index (χ2v) is 7.39. The van der Waals surface area contributed by atoms with Crippen LogP contribution in [0.3, 0.4) is 0 Å². The predicted octanol–water partition coefficient (Wildman–Crippen LogP) is 2.91. The van der Waals surface area contributed by atoms with Crippen LogP contribution in [0.15, 0.2) is 50.7 Å². The summed E-state index contributed by atoms with van der Waals surface area (Å²) in [5.41, 5.74) is 0.761. The van der Waals surface area contributed by atoms with Crippen LogP contribution in [0.25, 0.3) is 0 Å². The number of hydrogen-bond acceptors (Lipinski definition) is 6. The monoisotopic (exact) mass is 371 g/mol. The molecule has 27 heavy (non-hydrogen) atoms. The quantitative estimate of drug-likeness (QED) is 0.808. The zero-order chi connectivity index (χ0) is 18.8. The Morgan fingerprint density at radius 1 is 1.26 bits per heavy atom. The van der Waals surface area contributed by atoms with Gasteiger partial charge in [0.1, 0.15) is 23.3 Å². The Kier molecular flexibility index (Phi) is 5.13. The highest BCUT2D eigenvalue weighted by Crippen LogP contribution is 2.33. The summed E-state index contributed by atoms with van der Waals surface area (Å²) in [6.45, 7) is 6.77. The third-order valence-corrected chi connectivity index (χ3v) is 5.12.